The molecule has 206 valence electrons. The van der Waals surface area contributed by atoms with Crippen molar-refractivity contribution in [1.29, 1.82) is 0 Å². The maximum Gasteiger partial charge on any atom is 0.416 e. The third-order valence-electron chi connectivity index (χ3n) is 6.60. The molecule has 2 aromatic heterocycles. The number of hydrogen-bond acceptors (Lipinski definition) is 7. The zero-order chi connectivity index (χ0) is 27.4. The summed E-state index contributed by atoms with van der Waals surface area (Å²) in [6.45, 7) is 5.30. The number of carbonyl (C=O) groups is 1. The number of alkyl halides is 3. The fourth-order valence-corrected chi connectivity index (χ4v) is 4.56. The number of piperazine rings is 1. The molecule has 1 aliphatic rings. The van der Waals surface area contributed by atoms with Crippen molar-refractivity contribution in [2.75, 3.05) is 76.8 Å². The van der Waals surface area contributed by atoms with E-state index in [-0.39, 0.29) is 13.1 Å². The van der Waals surface area contributed by atoms with Gasteiger partial charge in [-0.05, 0) is 51.3 Å². The van der Waals surface area contributed by atoms with Crippen molar-refractivity contribution in [2.24, 2.45) is 0 Å². The molecule has 1 aromatic carbocycles. The average molecular weight is 536 g/mol. The second kappa shape index (κ2) is 11.5. The van der Waals surface area contributed by atoms with Gasteiger partial charge in [0, 0.05) is 33.2 Å². The maximum atomic E-state index is 13.0. The number of hydrogen-bond donors (Lipinski definition) is 2. The number of carboxylic acids is 1. The minimum atomic E-state index is -4.39. The van der Waals surface area contributed by atoms with Gasteiger partial charge in [-0.3, -0.25) is 14.7 Å². The fraction of sp³-hybridized carbons (Fsp3) is 0.520. The molecule has 1 saturated heterocycles. The number of nitrogens with one attached hydrogen (secondary N) is 1. The quantitative estimate of drug-likeness (QED) is 0.380. The largest absolute Gasteiger partial charge is 0.480 e. The van der Waals surface area contributed by atoms with Gasteiger partial charge < -0.3 is 19.8 Å². The van der Waals surface area contributed by atoms with Crippen LogP contribution in [0.2, 0.25) is 0 Å². The van der Waals surface area contributed by atoms with Crippen LogP contribution in [0.1, 0.15) is 17.5 Å². The lowest BCUT2D eigenvalue weighted by Gasteiger charge is -2.34. The SMILES string of the molecule is CN(C)CCCN1CCN(c2nc(N(C)CC(=O)O)c3[nH]c[n+](Cc4ccc(C(F)(F)F)cc4)c3n2)CC1. The van der Waals surface area contributed by atoms with Gasteiger partial charge in [0.1, 0.15) is 6.54 Å². The highest BCUT2D eigenvalue weighted by Gasteiger charge is 2.30. The first-order chi connectivity index (χ1) is 18.0. The van der Waals surface area contributed by atoms with E-state index in [1.165, 1.54) is 12.1 Å². The van der Waals surface area contributed by atoms with E-state index < -0.39 is 17.7 Å². The van der Waals surface area contributed by atoms with E-state index in [1.807, 2.05) is 0 Å². The summed E-state index contributed by atoms with van der Waals surface area (Å²) in [5, 5.41) is 9.35. The number of benzene rings is 1. The Morgan fingerprint density at radius 1 is 1.11 bits per heavy atom. The van der Waals surface area contributed by atoms with Crippen molar-refractivity contribution in [3.63, 3.8) is 0 Å². The second-order valence-corrected chi connectivity index (χ2v) is 9.88. The van der Waals surface area contributed by atoms with E-state index in [4.69, 9.17) is 9.97 Å². The minimum absolute atomic E-state index is 0.247. The molecule has 13 heteroatoms. The molecule has 3 heterocycles. The number of imidazole rings is 1. The van der Waals surface area contributed by atoms with E-state index >= 15 is 0 Å². The maximum absolute atomic E-state index is 13.0. The monoisotopic (exact) mass is 535 g/mol. The van der Waals surface area contributed by atoms with Gasteiger partial charge in [-0.15, -0.1) is 0 Å². The van der Waals surface area contributed by atoms with Crippen LogP contribution in [0.25, 0.3) is 11.2 Å². The van der Waals surface area contributed by atoms with Crippen molar-refractivity contribution in [3.05, 3.63) is 41.7 Å². The van der Waals surface area contributed by atoms with Crippen LogP contribution in [-0.2, 0) is 17.5 Å². The summed E-state index contributed by atoms with van der Waals surface area (Å²) in [7, 11) is 5.79. The first kappa shape index (κ1) is 27.6. The Hall–Kier alpha value is -3.45. The average Bonchev–Trinajstić information content (AvgIpc) is 3.25. The minimum Gasteiger partial charge on any atom is -0.480 e. The van der Waals surface area contributed by atoms with Gasteiger partial charge in [0.05, 0.1) is 12.1 Å². The molecule has 2 N–H and O–H groups in total. The molecular formula is C25H34F3N8O2+. The predicted molar refractivity (Wildman–Crippen MR) is 137 cm³/mol. The summed E-state index contributed by atoms with van der Waals surface area (Å²) in [6, 6.07) is 5.03. The van der Waals surface area contributed by atoms with Gasteiger partial charge in [0.15, 0.2) is 12.1 Å². The molecule has 0 spiro atoms. The molecule has 1 fully saturated rings. The van der Waals surface area contributed by atoms with Crippen molar-refractivity contribution >= 4 is 28.9 Å². The Morgan fingerprint density at radius 2 is 1.79 bits per heavy atom. The second-order valence-electron chi connectivity index (χ2n) is 9.88. The third kappa shape index (κ3) is 6.70. The number of likely N-dealkylation sites (N-methyl/N-ethyl adjacent to an activating group) is 1. The molecule has 0 unspecified atom stereocenters. The van der Waals surface area contributed by atoms with Crippen molar-refractivity contribution in [3.8, 4) is 0 Å². The number of aromatic amines is 1. The number of aliphatic carboxylic acids is 1. The van der Waals surface area contributed by atoms with Crippen molar-refractivity contribution < 1.29 is 27.6 Å². The van der Waals surface area contributed by atoms with Crippen molar-refractivity contribution in [1.82, 2.24) is 24.8 Å². The van der Waals surface area contributed by atoms with Crippen LogP contribution in [0, 0.1) is 0 Å². The number of carboxylic acid groups (broad SMARTS) is 1. The standard InChI is InChI=1S/C25H33F3N8O2/c1-32(2)9-4-10-34-11-13-35(14-12-34)24-30-22(33(3)16-20(37)38)21-23(31-24)36(17-29-21)15-18-5-7-19(8-6-18)25(26,27)28/h5-8,17H,4,9-16H2,1-3H3,(H,37,38)/p+1. The first-order valence-corrected chi connectivity index (χ1v) is 12.5. The Labute approximate surface area is 219 Å². The van der Waals surface area contributed by atoms with Crippen LogP contribution >= 0.6 is 0 Å². The molecule has 0 radical (unpaired) electrons. The number of rotatable bonds is 10. The van der Waals surface area contributed by atoms with Crippen LogP contribution in [-0.4, -0.2) is 103 Å². The molecule has 0 saturated carbocycles. The number of H-pyrrole nitrogens is 1. The van der Waals surface area contributed by atoms with Crippen LogP contribution in [0.4, 0.5) is 24.9 Å². The fourth-order valence-electron chi connectivity index (χ4n) is 4.56. The molecular weight excluding hydrogens is 501 g/mol. The molecule has 10 nitrogen and oxygen atoms in total. The van der Waals surface area contributed by atoms with E-state index in [0.29, 0.717) is 28.5 Å². The topological polar surface area (TPSA) is 95.7 Å². The molecule has 38 heavy (non-hydrogen) atoms. The molecule has 0 amide bonds. The third-order valence-corrected chi connectivity index (χ3v) is 6.60. The van der Waals surface area contributed by atoms with E-state index in [9.17, 15) is 23.1 Å². The lowest BCUT2D eigenvalue weighted by Crippen LogP contribution is -2.47. The lowest BCUT2D eigenvalue weighted by molar-refractivity contribution is -0.664. The molecule has 1 aliphatic heterocycles. The molecule has 0 bridgehead atoms. The zero-order valence-corrected chi connectivity index (χ0v) is 21.9. The highest BCUT2D eigenvalue weighted by Crippen LogP contribution is 2.29. The summed E-state index contributed by atoms with van der Waals surface area (Å²) in [5.41, 5.74) is 1.09. The number of fused-ring (bicyclic) bond motifs is 1. The van der Waals surface area contributed by atoms with Gasteiger partial charge in [-0.1, -0.05) is 17.1 Å². The summed E-state index contributed by atoms with van der Waals surface area (Å²) in [4.78, 5) is 32.3. The Balaban J connectivity index is 1.59. The molecule has 3 aromatic rings. The molecule has 0 atom stereocenters. The van der Waals surface area contributed by atoms with Crippen LogP contribution in [0.3, 0.4) is 0 Å². The molecule has 4 rings (SSSR count). The summed E-state index contributed by atoms with van der Waals surface area (Å²) >= 11 is 0. The summed E-state index contributed by atoms with van der Waals surface area (Å²) in [5.74, 6) is -0.0400. The Morgan fingerprint density at radius 3 is 2.39 bits per heavy atom. The van der Waals surface area contributed by atoms with E-state index in [0.717, 1.165) is 57.8 Å². The number of halogens is 3. The normalized spacial score (nSPS) is 15.0. The summed E-state index contributed by atoms with van der Waals surface area (Å²) < 4.78 is 40.7. The van der Waals surface area contributed by atoms with Crippen molar-refractivity contribution in [2.45, 2.75) is 19.1 Å². The van der Waals surface area contributed by atoms with Gasteiger partial charge in [-0.25, -0.2) is 4.57 Å². The highest BCUT2D eigenvalue weighted by molar-refractivity contribution is 5.84. The summed E-state index contributed by atoms with van der Waals surface area (Å²) in [6.07, 6.45) is -1.62. The first-order valence-electron chi connectivity index (χ1n) is 12.5. The number of anilines is 2. The number of aromatic nitrogens is 4. The predicted octanol–water partition coefficient (Wildman–Crippen LogP) is 1.91. The van der Waals surface area contributed by atoms with Crippen LogP contribution in [0.15, 0.2) is 30.6 Å². The Kier molecular flexibility index (Phi) is 8.36. The van der Waals surface area contributed by atoms with Crippen LogP contribution in [0.5, 0.6) is 0 Å². The highest BCUT2D eigenvalue weighted by atomic mass is 19.4. The Bertz CT molecular complexity index is 1240. The van der Waals surface area contributed by atoms with Gasteiger partial charge in [-0.2, -0.15) is 18.2 Å². The van der Waals surface area contributed by atoms with Crippen LogP contribution < -0.4 is 14.4 Å². The molecule has 0 aliphatic carbocycles. The smallest absolute Gasteiger partial charge is 0.416 e. The van der Waals surface area contributed by atoms with E-state index in [2.05, 4.69) is 33.8 Å². The van der Waals surface area contributed by atoms with Gasteiger partial charge in [0.25, 0.3) is 0 Å². The number of nitrogens with zero attached hydrogens (tertiary/aromatic N) is 7. The van der Waals surface area contributed by atoms with Gasteiger partial charge in [0.2, 0.25) is 5.52 Å². The van der Waals surface area contributed by atoms with E-state index in [1.54, 1.807) is 22.8 Å². The zero-order valence-electron chi connectivity index (χ0n) is 21.9. The lowest BCUT2D eigenvalue weighted by atomic mass is 10.1. The van der Waals surface area contributed by atoms with Gasteiger partial charge >= 0.3 is 23.7 Å².